The monoisotopic (exact) mass is 366 g/mol. The van der Waals surface area contributed by atoms with Gasteiger partial charge in [0, 0.05) is 48.2 Å². The number of nitrogens with one attached hydrogen (secondary N) is 1. The van der Waals surface area contributed by atoms with Crippen LogP contribution in [-0.2, 0) is 0 Å². The fourth-order valence-electron chi connectivity index (χ4n) is 3.20. The molecule has 3 rings (SSSR count). The Morgan fingerprint density at radius 1 is 1.36 bits per heavy atom. The Morgan fingerprint density at radius 3 is 2.80 bits per heavy atom. The number of fused-ring (bicyclic) bond motifs is 1. The number of nitro groups is 1. The number of amides is 1. The fraction of sp³-hybridized carbons (Fsp3) is 0.375. The maximum absolute atomic E-state index is 13.0. The van der Waals surface area contributed by atoms with E-state index in [1.165, 1.54) is 24.3 Å². The second kappa shape index (κ2) is 7.62. The molecule has 0 saturated carbocycles. The van der Waals surface area contributed by atoms with Crippen LogP contribution in [0.15, 0.2) is 29.1 Å². The Bertz CT molecular complexity index is 867. The van der Waals surface area contributed by atoms with Gasteiger partial charge < -0.3 is 15.6 Å². The van der Waals surface area contributed by atoms with E-state index in [1.807, 2.05) is 0 Å². The number of pyridine rings is 1. The molecule has 9 heteroatoms. The van der Waals surface area contributed by atoms with Gasteiger partial charge in [-0.2, -0.15) is 0 Å². The lowest BCUT2D eigenvalue weighted by Gasteiger charge is -2.35. The van der Waals surface area contributed by atoms with Gasteiger partial charge in [-0.15, -0.1) is 12.4 Å². The molecule has 2 heterocycles. The third-order valence-electron chi connectivity index (χ3n) is 4.43. The van der Waals surface area contributed by atoms with Crippen LogP contribution >= 0.6 is 12.4 Å². The summed E-state index contributed by atoms with van der Waals surface area (Å²) < 4.78 is 0. The smallest absolute Gasteiger partial charge is 0.270 e. The van der Waals surface area contributed by atoms with Crippen molar-refractivity contribution in [1.29, 1.82) is 0 Å². The number of non-ortho nitro benzene ring substituents is 1. The van der Waals surface area contributed by atoms with Crippen LogP contribution in [0, 0.1) is 10.1 Å². The molecule has 0 bridgehead atoms. The van der Waals surface area contributed by atoms with Gasteiger partial charge in [0.05, 0.1) is 10.5 Å². The highest BCUT2D eigenvalue weighted by Crippen LogP contribution is 2.25. The molecule has 8 nitrogen and oxygen atoms in total. The Labute approximate surface area is 149 Å². The molecule has 3 N–H and O–H groups in total. The number of hydrogen-bond donors (Lipinski definition) is 2. The number of nitrogens with two attached hydrogens (primary N) is 1. The quantitative estimate of drug-likeness (QED) is 0.633. The summed E-state index contributed by atoms with van der Waals surface area (Å²) >= 11 is 0. The van der Waals surface area contributed by atoms with Crippen molar-refractivity contribution >= 4 is 34.9 Å². The third-order valence-corrected chi connectivity index (χ3v) is 4.43. The normalized spacial score (nSPS) is 17.2. The first kappa shape index (κ1) is 18.9. The summed E-state index contributed by atoms with van der Waals surface area (Å²) in [6.07, 6.45) is 2.71. The Balaban J connectivity index is 0.00000225. The van der Waals surface area contributed by atoms with Crippen molar-refractivity contribution in [3.8, 4) is 0 Å². The van der Waals surface area contributed by atoms with E-state index in [4.69, 9.17) is 5.73 Å². The highest BCUT2D eigenvalue weighted by Gasteiger charge is 2.28. The van der Waals surface area contributed by atoms with Gasteiger partial charge in [-0.05, 0) is 25.3 Å². The molecule has 1 aromatic carbocycles. The summed E-state index contributed by atoms with van der Waals surface area (Å²) in [5.74, 6) is -0.304. The number of nitrogens with zero attached hydrogens (tertiary/aromatic N) is 2. The number of likely N-dealkylation sites (tertiary alicyclic amines) is 1. The molecular weight excluding hydrogens is 348 g/mol. The zero-order valence-corrected chi connectivity index (χ0v) is 14.3. The maximum atomic E-state index is 13.0. The zero-order valence-electron chi connectivity index (χ0n) is 13.4. The van der Waals surface area contributed by atoms with Crippen LogP contribution in [0.4, 0.5) is 5.69 Å². The molecule has 25 heavy (non-hydrogen) atoms. The molecule has 1 unspecified atom stereocenters. The second-order valence-electron chi connectivity index (χ2n) is 5.92. The van der Waals surface area contributed by atoms with Crippen LogP contribution in [0.2, 0.25) is 0 Å². The molecule has 0 radical (unpaired) electrons. The van der Waals surface area contributed by atoms with Crippen molar-refractivity contribution in [3.63, 3.8) is 0 Å². The van der Waals surface area contributed by atoms with Gasteiger partial charge in [-0.3, -0.25) is 19.7 Å². The summed E-state index contributed by atoms with van der Waals surface area (Å²) in [4.78, 5) is 39.6. The summed E-state index contributed by atoms with van der Waals surface area (Å²) in [6.45, 7) is 0.928. The van der Waals surface area contributed by atoms with Crippen molar-refractivity contribution in [1.82, 2.24) is 9.88 Å². The van der Waals surface area contributed by atoms with E-state index < -0.39 is 10.5 Å². The Hall–Kier alpha value is -2.45. The number of piperidine rings is 1. The van der Waals surface area contributed by atoms with Crippen LogP contribution in [0.3, 0.4) is 0 Å². The zero-order chi connectivity index (χ0) is 17.3. The number of H-pyrrole nitrogens is 1. The maximum Gasteiger partial charge on any atom is 0.270 e. The summed E-state index contributed by atoms with van der Waals surface area (Å²) in [6, 6.07) is 5.20. The number of aromatic nitrogens is 1. The second-order valence-corrected chi connectivity index (χ2v) is 5.92. The largest absolute Gasteiger partial charge is 0.334 e. The van der Waals surface area contributed by atoms with E-state index >= 15 is 0 Å². The van der Waals surface area contributed by atoms with E-state index in [0.717, 1.165) is 19.3 Å². The molecule has 1 saturated heterocycles. The lowest BCUT2D eigenvalue weighted by atomic mass is 9.99. The highest BCUT2D eigenvalue weighted by molar-refractivity contribution is 6.06. The van der Waals surface area contributed by atoms with Crippen molar-refractivity contribution in [2.45, 2.75) is 25.3 Å². The molecule has 1 atom stereocenters. The molecule has 1 aromatic heterocycles. The minimum Gasteiger partial charge on any atom is -0.334 e. The van der Waals surface area contributed by atoms with Gasteiger partial charge in [0.1, 0.15) is 0 Å². The molecule has 1 aliphatic heterocycles. The topological polar surface area (TPSA) is 122 Å². The van der Waals surface area contributed by atoms with Gasteiger partial charge in [0.15, 0.2) is 0 Å². The standard InChI is InChI=1S/C16H18N4O4.ClH/c17-9-11-3-1-2-6-19(11)16(22)13-8-15(21)18-14-5-4-10(20(23)24)7-12(13)14;/h4-5,7-8,11H,1-3,6,9,17H2,(H,18,21);1H. The molecule has 0 spiro atoms. The molecule has 1 fully saturated rings. The number of hydrogen-bond acceptors (Lipinski definition) is 5. The number of nitro benzene ring substituents is 1. The van der Waals surface area contributed by atoms with E-state index in [1.54, 1.807) is 4.90 Å². The molecule has 0 aliphatic carbocycles. The highest BCUT2D eigenvalue weighted by atomic mass is 35.5. The fourth-order valence-corrected chi connectivity index (χ4v) is 3.20. The van der Waals surface area contributed by atoms with Crippen molar-refractivity contribution in [2.24, 2.45) is 5.73 Å². The summed E-state index contributed by atoms with van der Waals surface area (Å²) in [7, 11) is 0. The predicted octanol–water partition coefficient (Wildman–Crippen LogP) is 1.81. The van der Waals surface area contributed by atoms with Crippen LogP contribution in [0.5, 0.6) is 0 Å². The van der Waals surface area contributed by atoms with E-state index in [9.17, 15) is 19.7 Å². The number of rotatable bonds is 3. The van der Waals surface area contributed by atoms with Gasteiger partial charge in [-0.1, -0.05) is 0 Å². The number of carbonyl (C=O) groups excluding carboxylic acids is 1. The van der Waals surface area contributed by atoms with Crippen LogP contribution in [-0.4, -0.2) is 39.8 Å². The predicted molar refractivity (Wildman–Crippen MR) is 96.2 cm³/mol. The molecule has 1 amide bonds. The Kier molecular flexibility index (Phi) is 5.76. The minimum absolute atomic E-state index is 0. The minimum atomic E-state index is -0.525. The lowest BCUT2D eigenvalue weighted by molar-refractivity contribution is -0.384. The van der Waals surface area contributed by atoms with Crippen LogP contribution < -0.4 is 11.3 Å². The molecule has 1 aliphatic rings. The first-order valence-corrected chi connectivity index (χ1v) is 7.84. The summed E-state index contributed by atoms with van der Waals surface area (Å²) in [5, 5.41) is 11.4. The summed E-state index contributed by atoms with van der Waals surface area (Å²) in [5.41, 5.74) is 5.80. The van der Waals surface area contributed by atoms with Gasteiger partial charge in [0.2, 0.25) is 5.56 Å². The average molecular weight is 367 g/mol. The van der Waals surface area contributed by atoms with Crippen molar-refractivity contribution < 1.29 is 9.72 Å². The van der Waals surface area contributed by atoms with Crippen molar-refractivity contribution in [2.75, 3.05) is 13.1 Å². The number of benzene rings is 1. The first-order chi connectivity index (χ1) is 11.5. The van der Waals surface area contributed by atoms with E-state index in [2.05, 4.69) is 4.98 Å². The van der Waals surface area contributed by atoms with E-state index in [-0.39, 0.29) is 35.6 Å². The van der Waals surface area contributed by atoms with Crippen LogP contribution in [0.25, 0.3) is 10.9 Å². The molecular formula is C16H19ClN4O4. The lowest BCUT2D eigenvalue weighted by Crippen LogP contribution is -2.47. The van der Waals surface area contributed by atoms with Gasteiger partial charge >= 0.3 is 0 Å². The number of aromatic amines is 1. The average Bonchev–Trinajstić information content (AvgIpc) is 2.59. The molecule has 134 valence electrons. The van der Waals surface area contributed by atoms with Gasteiger partial charge in [-0.25, -0.2) is 0 Å². The number of halogens is 1. The first-order valence-electron chi connectivity index (χ1n) is 7.84. The van der Waals surface area contributed by atoms with Gasteiger partial charge in [0.25, 0.3) is 11.6 Å². The van der Waals surface area contributed by atoms with Crippen LogP contribution in [0.1, 0.15) is 29.6 Å². The van der Waals surface area contributed by atoms with Crippen molar-refractivity contribution in [3.05, 3.63) is 50.3 Å². The SMILES string of the molecule is Cl.NCC1CCCCN1C(=O)c1cc(=O)[nH]c2ccc([N+](=O)[O-])cc12. The number of carbonyl (C=O) groups is 1. The third kappa shape index (κ3) is 3.64. The Morgan fingerprint density at radius 2 is 2.12 bits per heavy atom. The van der Waals surface area contributed by atoms with E-state index in [0.29, 0.717) is 24.0 Å². The molecule has 2 aromatic rings.